The van der Waals surface area contributed by atoms with Crippen molar-refractivity contribution in [3.05, 3.63) is 53.4 Å². The van der Waals surface area contributed by atoms with Gasteiger partial charge in [0.05, 0.1) is 12.5 Å². The Morgan fingerprint density at radius 3 is 2.63 bits per heavy atom. The minimum absolute atomic E-state index is 0.0880. The second-order valence-electron chi connectivity index (χ2n) is 7.00. The van der Waals surface area contributed by atoms with Crippen LogP contribution < -0.4 is 10.1 Å². The van der Waals surface area contributed by atoms with Crippen molar-refractivity contribution in [1.82, 2.24) is 15.5 Å². The van der Waals surface area contributed by atoms with Crippen LogP contribution in [0.25, 0.3) is 32.9 Å². The Bertz CT molecular complexity index is 1160. The molecule has 0 saturated heterocycles. The SMILES string of the molecule is CCC(CC)NC(=O)c1ccc2onc(-c3csc(-c4ccc(OC)cc4)n3)c2c1. The van der Waals surface area contributed by atoms with Crippen LogP contribution in [0.15, 0.2) is 52.4 Å². The number of carbonyl (C=O) groups is 1. The van der Waals surface area contributed by atoms with Crippen LogP contribution in [0.5, 0.6) is 5.75 Å². The summed E-state index contributed by atoms with van der Waals surface area (Å²) >= 11 is 1.53. The van der Waals surface area contributed by atoms with Gasteiger partial charge in [-0.15, -0.1) is 11.3 Å². The van der Waals surface area contributed by atoms with E-state index in [1.54, 1.807) is 19.2 Å². The number of amides is 1. The average Bonchev–Trinajstić information content (AvgIpc) is 3.44. The zero-order chi connectivity index (χ0) is 21.1. The van der Waals surface area contributed by atoms with Gasteiger partial charge in [-0.1, -0.05) is 19.0 Å². The summed E-state index contributed by atoms with van der Waals surface area (Å²) in [5, 5.41) is 10.9. The maximum Gasteiger partial charge on any atom is 0.251 e. The lowest BCUT2D eigenvalue weighted by Gasteiger charge is -2.14. The van der Waals surface area contributed by atoms with Crippen LogP contribution in [0.1, 0.15) is 37.0 Å². The largest absolute Gasteiger partial charge is 0.497 e. The molecule has 2 heterocycles. The number of nitrogens with one attached hydrogen (secondary N) is 1. The summed E-state index contributed by atoms with van der Waals surface area (Å²) in [6.07, 6.45) is 1.80. The number of benzene rings is 2. The van der Waals surface area contributed by atoms with Gasteiger partial charge in [0.15, 0.2) is 5.58 Å². The molecule has 7 heteroatoms. The Kier molecular flexibility index (Phi) is 5.81. The summed E-state index contributed by atoms with van der Waals surface area (Å²) in [6, 6.07) is 13.3. The Balaban J connectivity index is 1.64. The maximum absolute atomic E-state index is 12.6. The molecule has 0 atom stereocenters. The van der Waals surface area contributed by atoms with Gasteiger partial charge in [-0.25, -0.2) is 4.98 Å². The number of fused-ring (bicyclic) bond motifs is 1. The van der Waals surface area contributed by atoms with Gasteiger partial charge in [-0.05, 0) is 55.3 Å². The van der Waals surface area contributed by atoms with E-state index in [2.05, 4.69) is 24.3 Å². The fourth-order valence-corrected chi connectivity index (χ4v) is 4.09. The number of methoxy groups -OCH3 is 1. The van der Waals surface area contributed by atoms with Gasteiger partial charge in [0, 0.05) is 22.5 Å². The van der Waals surface area contributed by atoms with Gasteiger partial charge < -0.3 is 14.6 Å². The molecule has 2 aromatic heterocycles. The molecule has 30 heavy (non-hydrogen) atoms. The molecule has 0 bridgehead atoms. The van der Waals surface area contributed by atoms with Gasteiger partial charge in [-0.3, -0.25) is 4.79 Å². The highest BCUT2D eigenvalue weighted by molar-refractivity contribution is 7.13. The number of carbonyl (C=O) groups excluding carboxylic acids is 1. The standard InChI is InChI=1S/C23H23N3O3S/c1-4-16(5-2)24-22(27)15-8-11-20-18(12-15)21(26-29-20)19-13-30-23(25-19)14-6-9-17(28-3)10-7-14/h6-13,16H,4-5H2,1-3H3,(H,24,27). The zero-order valence-electron chi connectivity index (χ0n) is 17.1. The van der Waals surface area contributed by atoms with Crippen molar-refractivity contribution in [2.45, 2.75) is 32.7 Å². The number of aromatic nitrogens is 2. The highest BCUT2D eigenvalue weighted by Gasteiger charge is 2.17. The Morgan fingerprint density at radius 1 is 1.17 bits per heavy atom. The molecule has 154 valence electrons. The molecule has 6 nitrogen and oxygen atoms in total. The maximum atomic E-state index is 12.6. The molecule has 1 amide bonds. The van der Waals surface area contributed by atoms with Crippen LogP contribution in [0, 0.1) is 0 Å². The van der Waals surface area contributed by atoms with Crippen LogP contribution in [0.4, 0.5) is 0 Å². The number of thiazole rings is 1. The van der Waals surface area contributed by atoms with Gasteiger partial charge in [-0.2, -0.15) is 0 Å². The molecule has 2 aromatic carbocycles. The summed E-state index contributed by atoms with van der Waals surface area (Å²) in [5.74, 6) is 0.715. The highest BCUT2D eigenvalue weighted by atomic mass is 32.1. The number of hydrogen-bond donors (Lipinski definition) is 1. The van der Waals surface area contributed by atoms with E-state index in [1.807, 2.05) is 35.7 Å². The van der Waals surface area contributed by atoms with Crippen LogP contribution in [0.3, 0.4) is 0 Å². The van der Waals surface area contributed by atoms with Gasteiger partial charge in [0.25, 0.3) is 5.91 Å². The molecule has 0 radical (unpaired) electrons. The van der Waals surface area contributed by atoms with E-state index in [4.69, 9.17) is 14.2 Å². The minimum Gasteiger partial charge on any atom is -0.497 e. The van der Waals surface area contributed by atoms with E-state index in [9.17, 15) is 4.79 Å². The second-order valence-corrected chi connectivity index (χ2v) is 7.85. The number of rotatable bonds is 7. The molecule has 1 N–H and O–H groups in total. The first-order chi connectivity index (χ1) is 14.6. The Morgan fingerprint density at radius 2 is 1.93 bits per heavy atom. The lowest BCUT2D eigenvalue weighted by Crippen LogP contribution is -2.33. The van der Waals surface area contributed by atoms with Crippen LogP contribution in [0.2, 0.25) is 0 Å². The quantitative estimate of drug-likeness (QED) is 0.424. The van der Waals surface area contributed by atoms with Crippen LogP contribution in [-0.4, -0.2) is 29.2 Å². The summed E-state index contributed by atoms with van der Waals surface area (Å²) < 4.78 is 10.7. The first-order valence-electron chi connectivity index (χ1n) is 9.93. The molecular formula is C23H23N3O3S. The third-order valence-corrected chi connectivity index (χ3v) is 6.03. The lowest BCUT2D eigenvalue weighted by molar-refractivity contribution is 0.0935. The number of hydrogen-bond acceptors (Lipinski definition) is 6. The van der Waals surface area contributed by atoms with Crippen molar-refractivity contribution < 1.29 is 14.1 Å². The van der Waals surface area contributed by atoms with E-state index >= 15 is 0 Å². The molecule has 0 aliphatic heterocycles. The molecule has 0 aliphatic carbocycles. The first-order valence-corrected chi connectivity index (χ1v) is 10.8. The first kappa shape index (κ1) is 20.1. The third-order valence-electron chi connectivity index (χ3n) is 5.14. The fraction of sp³-hybridized carbons (Fsp3) is 0.261. The smallest absolute Gasteiger partial charge is 0.251 e. The Hall–Kier alpha value is -3.19. The van der Waals surface area contributed by atoms with Crippen molar-refractivity contribution in [2.75, 3.05) is 7.11 Å². The topological polar surface area (TPSA) is 77.2 Å². The normalized spacial score (nSPS) is 11.2. The van der Waals surface area contributed by atoms with E-state index in [0.29, 0.717) is 16.8 Å². The van der Waals surface area contributed by atoms with Crippen molar-refractivity contribution in [3.8, 4) is 27.7 Å². The summed E-state index contributed by atoms with van der Waals surface area (Å²) in [7, 11) is 1.64. The van der Waals surface area contributed by atoms with Gasteiger partial charge >= 0.3 is 0 Å². The monoisotopic (exact) mass is 421 g/mol. The molecule has 4 rings (SSSR count). The molecule has 4 aromatic rings. The molecule has 0 saturated carbocycles. The van der Waals surface area contributed by atoms with E-state index < -0.39 is 0 Å². The Labute approximate surface area is 178 Å². The molecular weight excluding hydrogens is 398 g/mol. The molecule has 0 fully saturated rings. The van der Waals surface area contributed by atoms with E-state index in [1.165, 1.54) is 11.3 Å². The number of nitrogens with zero attached hydrogens (tertiary/aromatic N) is 2. The second kappa shape index (κ2) is 8.67. The lowest BCUT2D eigenvalue weighted by atomic mass is 10.1. The summed E-state index contributed by atoms with van der Waals surface area (Å²) in [5.41, 5.74) is 3.58. The predicted molar refractivity (Wildman–Crippen MR) is 119 cm³/mol. The third kappa shape index (κ3) is 3.93. The van der Waals surface area contributed by atoms with Gasteiger partial charge in [0.2, 0.25) is 0 Å². The fourth-order valence-electron chi connectivity index (χ4n) is 3.27. The molecule has 0 aliphatic rings. The predicted octanol–water partition coefficient (Wildman–Crippen LogP) is 5.55. The van der Waals surface area contributed by atoms with Gasteiger partial charge in [0.1, 0.15) is 22.1 Å². The number of ether oxygens (including phenoxy) is 1. The van der Waals surface area contributed by atoms with Crippen molar-refractivity contribution in [2.24, 2.45) is 0 Å². The van der Waals surface area contributed by atoms with Crippen molar-refractivity contribution in [1.29, 1.82) is 0 Å². The highest BCUT2D eigenvalue weighted by Crippen LogP contribution is 2.33. The van der Waals surface area contributed by atoms with E-state index in [-0.39, 0.29) is 11.9 Å². The van der Waals surface area contributed by atoms with Crippen LogP contribution >= 0.6 is 11.3 Å². The van der Waals surface area contributed by atoms with Crippen LogP contribution in [-0.2, 0) is 0 Å². The zero-order valence-corrected chi connectivity index (χ0v) is 18.0. The average molecular weight is 422 g/mol. The van der Waals surface area contributed by atoms with Crippen molar-refractivity contribution >= 4 is 28.2 Å². The molecule has 0 spiro atoms. The minimum atomic E-state index is -0.0880. The molecule has 0 unspecified atom stereocenters. The van der Waals surface area contributed by atoms with E-state index in [0.717, 1.165) is 40.2 Å². The summed E-state index contributed by atoms with van der Waals surface area (Å²) in [4.78, 5) is 17.4. The van der Waals surface area contributed by atoms with Crippen molar-refractivity contribution in [3.63, 3.8) is 0 Å². The summed E-state index contributed by atoms with van der Waals surface area (Å²) in [6.45, 7) is 4.14.